The molecule has 0 saturated carbocycles. The van der Waals surface area contributed by atoms with E-state index in [0.29, 0.717) is 5.96 Å². The Bertz CT molecular complexity index is 137. The number of nitrogens with one attached hydrogen (secondary N) is 1. The third-order valence-corrected chi connectivity index (χ3v) is 1.53. The average molecular weight is 174 g/mol. The smallest absolute Gasteiger partial charge is 0.188 e. The number of guanidine groups is 1. The van der Waals surface area contributed by atoms with Gasteiger partial charge in [-0.2, -0.15) is 0 Å². The lowest BCUT2D eigenvalue weighted by atomic mass is 10.2. The molecule has 0 fully saturated rings. The van der Waals surface area contributed by atoms with E-state index in [1.807, 2.05) is 0 Å². The van der Waals surface area contributed by atoms with Crippen LogP contribution in [0.15, 0.2) is 4.99 Å². The highest BCUT2D eigenvalue weighted by Gasteiger charge is 1.98. The minimum Gasteiger partial charge on any atom is -0.395 e. The van der Waals surface area contributed by atoms with Gasteiger partial charge in [0, 0.05) is 19.6 Å². The molecule has 72 valence electrons. The van der Waals surface area contributed by atoms with Crippen LogP contribution in [0, 0.1) is 0 Å². The zero-order valence-electron chi connectivity index (χ0n) is 7.45. The van der Waals surface area contributed by atoms with Crippen molar-refractivity contribution in [3.63, 3.8) is 0 Å². The molecule has 0 spiro atoms. The summed E-state index contributed by atoms with van der Waals surface area (Å²) < 4.78 is 0. The highest BCUT2D eigenvalue weighted by Crippen LogP contribution is 1.90. The lowest BCUT2D eigenvalue weighted by Crippen LogP contribution is -2.33. The molecule has 0 aliphatic heterocycles. The fraction of sp³-hybridized carbons (Fsp3) is 0.857. The number of hydrogen-bond acceptors (Lipinski definition) is 3. The summed E-state index contributed by atoms with van der Waals surface area (Å²) in [6.07, 6.45) is 1.68. The van der Waals surface area contributed by atoms with Crippen LogP contribution >= 0.6 is 0 Å². The molecule has 0 aliphatic carbocycles. The number of hydrogen-bond donors (Lipinski definition) is 4. The van der Waals surface area contributed by atoms with Gasteiger partial charge in [-0.3, -0.25) is 4.99 Å². The Morgan fingerprint density at radius 3 is 2.83 bits per heavy atom. The van der Waals surface area contributed by atoms with E-state index in [1.165, 1.54) is 0 Å². The molecule has 5 nitrogen and oxygen atoms in total. The zero-order valence-corrected chi connectivity index (χ0v) is 7.45. The minimum atomic E-state index is -0.119. The highest BCUT2D eigenvalue weighted by molar-refractivity contribution is 5.77. The molecule has 1 atom stereocenters. The normalized spacial score (nSPS) is 14.4. The molecule has 6 N–H and O–H groups in total. The van der Waals surface area contributed by atoms with Gasteiger partial charge in [0.05, 0.1) is 6.61 Å². The molecule has 0 aromatic heterocycles. The number of aliphatic hydroxyl groups excluding tert-OH is 1. The second-order valence-corrected chi connectivity index (χ2v) is 2.62. The molecule has 1 unspecified atom stereocenters. The van der Waals surface area contributed by atoms with Gasteiger partial charge < -0.3 is 21.9 Å². The van der Waals surface area contributed by atoms with Gasteiger partial charge in [0.1, 0.15) is 0 Å². The van der Waals surface area contributed by atoms with Crippen molar-refractivity contribution in [2.75, 3.05) is 20.2 Å². The molecule has 0 aromatic rings. The molecule has 0 rings (SSSR count). The predicted octanol–water partition coefficient (Wildman–Crippen LogP) is -1.38. The average Bonchev–Trinajstić information content (AvgIpc) is 2.11. The lowest BCUT2D eigenvalue weighted by molar-refractivity contribution is 0.258. The van der Waals surface area contributed by atoms with Crippen molar-refractivity contribution in [2.24, 2.45) is 16.5 Å². The first-order valence-electron chi connectivity index (χ1n) is 4.03. The van der Waals surface area contributed by atoms with E-state index in [2.05, 4.69) is 10.3 Å². The quantitative estimate of drug-likeness (QED) is 0.235. The molecule has 5 heteroatoms. The molecule has 0 heterocycles. The van der Waals surface area contributed by atoms with Gasteiger partial charge in [0.25, 0.3) is 0 Å². The molecular weight excluding hydrogens is 156 g/mol. The Labute approximate surface area is 72.8 Å². The van der Waals surface area contributed by atoms with Crippen LogP contribution in [0.25, 0.3) is 0 Å². The first-order chi connectivity index (χ1) is 5.70. The fourth-order valence-electron chi connectivity index (χ4n) is 0.751. The van der Waals surface area contributed by atoms with Crippen molar-refractivity contribution < 1.29 is 5.11 Å². The van der Waals surface area contributed by atoms with E-state index in [0.717, 1.165) is 19.4 Å². The molecule has 0 radical (unpaired) electrons. The number of nitrogens with two attached hydrogens (primary N) is 2. The van der Waals surface area contributed by atoms with Crippen LogP contribution in [0.3, 0.4) is 0 Å². The molecule has 0 aliphatic rings. The minimum absolute atomic E-state index is 0.0390. The van der Waals surface area contributed by atoms with Gasteiger partial charge in [-0.15, -0.1) is 0 Å². The first kappa shape index (κ1) is 11.2. The van der Waals surface area contributed by atoms with Gasteiger partial charge in [-0.05, 0) is 12.8 Å². The maximum absolute atomic E-state index is 8.60. The summed E-state index contributed by atoms with van der Waals surface area (Å²) in [4.78, 5) is 3.73. The lowest BCUT2D eigenvalue weighted by Gasteiger charge is -2.08. The molecule has 0 bridgehead atoms. The fourth-order valence-corrected chi connectivity index (χ4v) is 0.751. The molecule has 0 amide bonds. The third-order valence-electron chi connectivity index (χ3n) is 1.53. The SMILES string of the molecule is CN=C(N)NCCCC(N)CO. The maximum atomic E-state index is 8.60. The van der Waals surface area contributed by atoms with E-state index in [9.17, 15) is 0 Å². The Morgan fingerprint density at radius 1 is 1.67 bits per heavy atom. The largest absolute Gasteiger partial charge is 0.395 e. The maximum Gasteiger partial charge on any atom is 0.188 e. The number of rotatable bonds is 5. The summed E-state index contributed by atoms with van der Waals surface area (Å²) in [5.41, 5.74) is 10.9. The van der Waals surface area contributed by atoms with Crippen LogP contribution in [-0.2, 0) is 0 Å². The molecule has 12 heavy (non-hydrogen) atoms. The Hall–Kier alpha value is -0.810. The Kier molecular flexibility index (Phi) is 6.41. The van der Waals surface area contributed by atoms with E-state index >= 15 is 0 Å². The number of aliphatic hydroxyl groups is 1. The Balaban J connectivity index is 3.21. The van der Waals surface area contributed by atoms with Crippen molar-refractivity contribution in [3.05, 3.63) is 0 Å². The molecule has 0 saturated heterocycles. The second kappa shape index (κ2) is 6.87. The van der Waals surface area contributed by atoms with Crippen molar-refractivity contribution in [2.45, 2.75) is 18.9 Å². The van der Waals surface area contributed by atoms with Crippen LogP contribution in [-0.4, -0.2) is 37.3 Å². The predicted molar refractivity (Wildman–Crippen MR) is 49.8 cm³/mol. The van der Waals surface area contributed by atoms with E-state index in [1.54, 1.807) is 7.05 Å². The Morgan fingerprint density at radius 2 is 2.33 bits per heavy atom. The zero-order chi connectivity index (χ0) is 9.40. The topological polar surface area (TPSA) is 96.7 Å². The first-order valence-corrected chi connectivity index (χ1v) is 4.03. The van der Waals surface area contributed by atoms with Crippen molar-refractivity contribution in [3.8, 4) is 0 Å². The van der Waals surface area contributed by atoms with Gasteiger partial charge in [-0.25, -0.2) is 0 Å². The summed E-state index contributed by atoms with van der Waals surface area (Å²) in [5.74, 6) is 0.438. The summed E-state index contributed by atoms with van der Waals surface area (Å²) in [6.45, 7) is 0.786. The van der Waals surface area contributed by atoms with Gasteiger partial charge in [-0.1, -0.05) is 0 Å². The van der Waals surface area contributed by atoms with Crippen LogP contribution in [0.5, 0.6) is 0 Å². The van der Waals surface area contributed by atoms with Crippen LogP contribution in [0.2, 0.25) is 0 Å². The summed E-state index contributed by atoms with van der Waals surface area (Å²) in [6, 6.07) is -0.119. The van der Waals surface area contributed by atoms with E-state index in [4.69, 9.17) is 16.6 Å². The van der Waals surface area contributed by atoms with Crippen molar-refractivity contribution in [1.29, 1.82) is 0 Å². The van der Waals surface area contributed by atoms with Gasteiger partial charge in [0.15, 0.2) is 5.96 Å². The van der Waals surface area contributed by atoms with Crippen molar-refractivity contribution in [1.82, 2.24) is 5.32 Å². The third kappa shape index (κ3) is 5.94. The van der Waals surface area contributed by atoms with Gasteiger partial charge in [0.2, 0.25) is 0 Å². The number of aliphatic imine (C=N–C) groups is 1. The van der Waals surface area contributed by atoms with Crippen LogP contribution < -0.4 is 16.8 Å². The molecule has 0 aromatic carbocycles. The number of nitrogens with zero attached hydrogens (tertiary/aromatic N) is 1. The van der Waals surface area contributed by atoms with Crippen LogP contribution in [0.1, 0.15) is 12.8 Å². The summed E-state index contributed by atoms with van der Waals surface area (Å²) in [5, 5.41) is 11.5. The standard InChI is InChI=1S/C7H18N4O/c1-10-7(9)11-4-2-3-6(8)5-12/h6,12H,2-5,8H2,1H3,(H3,9,10,11). The van der Waals surface area contributed by atoms with E-state index < -0.39 is 0 Å². The summed E-state index contributed by atoms with van der Waals surface area (Å²) >= 11 is 0. The monoisotopic (exact) mass is 174 g/mol. The van der Waals surface area contributed by atoms with Crippen molar-refractivity contribution >= 4 is 5.96 Å². The van der Waals surface area contributed by atoms with E-state index in [-0.39, 0.29) is 12.6 Å². The summed E-state index contributed by atoms with van der Waals surface area (Å²) in [7, 11) is 1.63. The molecular formula is C7H18N4O. The highest BCUT2D eigenvalue weighted by atomic mass is 16.3. The second-order valence-electron chi connectivity index (χ2n) is 2.62. The van der Waals surface area contributed by atoms with Gasteiger partial charge >= 0.3 is 0 Å². The van der Waals surface area contributed by atoms with Crippen LogP contribution in [0.4, 0.5) is 0 Å².